The van der Waals surface area contributed by atoms with Crippen molar-refractivity contribution in [2.45, 2.75) is 13.0 Å². The van der Waals surface area contributed by atoms with Crippen molar-refractivity contribution >= 4 is 22.3 Å². The minimum absolute atomic E-state index is 0.556. The lowest BCUT2D eigenvalue weighted by molar-refractivity contribution is 1.04. The van der Waals surface area contributed by atoms with Gasteiger partial charge < -0.3 is 11.5 Å². The van der Waals surface area contributed by atoms with Gasteiger partial charge in [0.2, 0.25) is 0 Å². The molecule has 5 heteroatoms. The summed E-state index contributed by atoms with van der Waals surface area (Å²) in [5.74, 6) is 0.583. The number of hydrogen-bond donors (Lipinski definition) is 2. The molecule has 0 saturated heterocycles. The van der Waals surface area contributed by atoms with E-state index in [2.05, 4.69) is 9.98 Å². The van der Waals surface area contributed by atoms with Crippen LogP contribution in [0.1, 0.15) is 11.3 Å². The van der Waals surface area contributed by atoms with Crippen molar-refractivity contribution in [3.05, 3.63) is 47.0 Å². The van der Waals surface area contributed by atoms with E-state index in [4.69, 9.17) is 11.5 Å². The third kappa shape index (κ3) is 3.57. The molecule has 88 valence electrons. The molecule has 0 aliphatic heterocycles. The average Bonchev–Trinajstić information content (AvgIpc) is 2.73. The first kappa shape index (κ1) is 11.6. The summed E-state index contributed by atoms with van der Waals surface area (Å²) in [5.41, 5.74) is 13.4. The van der Waals surface area contributed by atoms with Crippen LogP contribution in [0, 0.1) is 0 Å². The van der Waals surface area contributed by atoms with E-state index in [1.807, 2.05) is 35.7 Å². The number of nitrogen functional groups attached to an aromatic ring is 1. The zero-order valence-electron chi connectivity index (χ0n) is 9.34. The predicted molar refractivity (Wildman–Crippen MR) is 72.0 cm³/mol. The van der Waals surface area contributed by atoms with Crippen molar-refractivity contribution in [1.82, 2.24) is 4.98 Å². The molecule has 0 fully saturated rings. The van der Waals surface area contributed by atoms with Gasteiger partial charge in [0.1, 0.15) is 5.84 Å². The Hall–Kier alpha value is -1.88. The number of aromatic nitrogens is 1. The molecule has 17 heavy (non-hydrogen) atoms. The summed E-state index contributed by atoms with van der Waals surface area (Å²) in [4.78, 5) is 8.46. The zero-order chi connectivity index (χ0) is 12.1. The van der Waals surface area contributed by atoms with E-state index in [1.54, 1.807) is 0 Å². The molecular weight excluding hydrogens is 232 g/mol. The van der Waals surface area contributed by atoms with Crippen LogP contribution in [0.2, 0.25) is 0 Å². The van der Waals surface area contributed by atoms with Crippen LogP contribution in [0.15, 0.2) is 40.7 Å². The maximum Gasteiger partial charge on any atom is 0.180 e. The van der Waals surface area contributed by atoms with E-state index >= 15 is 0 Å². The van der Waals surface area contributed by atoms with E-state index in [1.165, 1.54) is 11.3 Å². The predicted octanol–water partition coefficient (Wildman–Crippen LogP) is 1.83. The van der Waals surface area contributed by atoms with Crippen LogP contribution in [-0.4, -0.2) is 10.8 Å². The number of rotatable bonds is 4. The molecule has 0 unspecified atom stereocenters. The van der Waals surface area contributed by atoms with Gasteiger partial charge in [0.15, 0.2) is 5.13 Å². The SMILES string of the molecule is NC(Cc1csc(N)n1)=NCc1ccccc1. The maximum absolute atomic E-state index is 5.84. The molecule has 1 aromatic carbocycles. The molecule has 0 aliphatic carbocycles. The minimum Gasteiger partial charge on any atom is -0.387 e. The third-order valence-electron chi connectivity index (χ3n) is 2.24. The first-order valence-electron chi connectivity index (χ1n) is 5.26. The minimum atomic E-state index is 0.556. The molecule has 0 spiro atoms. The van der Waals surface area contributed by atoms with Gasteiger partial charge >= 0.3 is 0 Å². The number of benzene rings is 1. The van der Waals surface area contributed by atoms with E-state index in [9.17, 15) is 0 Å². The van der Waals surface area contributed by atoms with Crippen LogP contribution < -0.4 is 11.5 Å². The van der Waals surface area contributed by atoms with Gasteiger partial charge in [-0.05, 0) is 5.56 Å². The van der Waals surface area contributed by atoms with E-state index in [-0.39, 0.29) is 0 Å². The van der Waals surface area contributed by atoms with Crippen LogP contribution in [-0.2, 0) is 13.0 Å². The monoisotopic (exact) mass is 246 g/mol. The molecule has 4 nitrogen and oxygen atoms in total. The van der Waals surface area contributed by atoms with Gasteiger partial charge in [0, 0.05) is 11.8 Å². The highest BCUT2D eigenvalue weighted by Crippen LogP contribution is 2.11. The fourth-order valence-electron chi connectivity index (χ4n) is 1.42. The standard InChI is InChI=1S/C12H14N4S/c13-11(6-10-8-17-12(14)16-10)15-7-9-4-2-1-3-5-9/h1-5,8H,6-7H2,(H2,13,15)(H2,14,16). The largest absolute Gasteiger partial charge is 0.387 e. The van der Waals surface area contributed by atoms with Crippen molar-refractivity contribution in [3.63, 3.8) is 0 Å². The first-order chi connectivity index (χ1) is 8.24. The Morgan fingerprint density at radius 3 is 2.71 bits per heavy atom. The van der Waals surface area contributed by atoms with E-state index in [0.29, 0.717) is 23.9 Å². The quantitative estimate of drug-likeness (QED) is 0.638. The van der Waals surface area contributed by atoms with Gasteiger partial charge in [0.25, 0.3) is 0 Å². The molecule has 0 bridgehead atoms. The maximum atomic E-state index is 5.84. The fourth-order valence-corrected chi connectivity index (χ4v) is 1.98. The average molecular weight is 246 g/mol. The number of nitrogens with two attached hydrogens (primary N) is 2. The highest BCUT2D eigenvalue weighted by molar-refractivity contribution is 7.13. The lowest BCUT2D eigenvalue weighted by Gasteiger charge is -1.99. The normalized spacial score (nSPS) is 11.6. The molecular formula is C12H14N4S. The van der Waals surface area contributed by atoms with Crippen LogP contribution in [0.3, 0.4) is 0 Å². The highest BCUT2D eigenvalue weighted by atomic mass is 32.1. The topological polar surface area (TPSA) is 77.3 Å². The molecule has 0 saturated carbocycles. The smallest absolute Gasteiger partial charge is 0.180 e. The summed E-state index contributed by atoms with van der Waals surface area (Å²) in [6, 6.07) is 10.0. The van der Waals surface area contributed by atoms with Crippen molar-refractivity contribution < 1.29 is 0 Å². The summed E-state index contributed by atoms with van der Waals surface area (Å²) in [5, 5.41) is 2.47. The second kappa shape index (κ2) is 5.45. The van der Waals surface area contributed by atoms with Crippen LogP contribution >= 0.6 is 11.3 Å². The van der Waals surface area contributed by atoms with Crippen molar-refractivity contribution in [2.24, 2.45) is 10.7 Å². The lowest BCUT2D eigenvalue weighted by Crippen LogP contribution is -2.15. The Morgan fingerprint density at radius 2 is 2.06 bits per heavy atom. The second-order valence-electron chi connectivity index (χ2n) is 3.65. The molecule has 1 aromatic heterocycles. The van der Waals surface area contributed by atoms with Crippen LogP contribution in [0.5, 0.6) is 0 Å². The van der Waals surface area contributed by atoms with Gasteiger partial charge in [-0.25, -0.2) is 4.98 Å². The van der Waals surface area contributed by atoms with Gasteiger partial charge in [-0.1, -0.05) is 30.3 Å². The Kier molecular flexibility index (Phi) is 3.72. The van der Waals surface area contributed by atoms with Crippen molar-refractivity contribution in [2.75, 3.05) is 5.73 Å². The van der Waals surface area contributed by atoms with Crippen molar-refractivity contribution in [1.29, 1.82) is 0 Å². The summed E-state index contributed by atoms with van der Waals surface area (Å²) in [7, 11) is 0. The van der Waals surface area contributed by atoms with E-state index < -0.39 is 0 Å². The molecule has 0 radical (unpaired) electrons. The van der Waals surface area contributed by atoms with Gasteiger partial charge in [-0.2, -0.15) is 0 Å². The molecule has 0 aliphatic rings. The van der Waals surface area contributed by atoms with Crippen molar-refractivity contribution in [3.8, 4) is 0 Å². The molecule has 1 heterocycles. The van der Waals surface area contributed by atoms with E-state index in [0.717, 1.165) is 11.3 Å². The molecule has 0 atom stereocenters. The van der Waals surface area contributed by atoms with Gasteiger partial charge in [-0.15, -0.1) is 11.3 Å². The van der Waals surface area contributed by atoms with Gasteiger partial charge in [0.05, 0.1) is 12.2 Å². The van der Waals surface area contributed by atoms with Gasteiger partial charge in [-0.3, -0.25) is 4.99 Å². The Bertz CT molecular complexity index is 504. The third-order valence-corrected chi connectivity index (χ3v) is 2.96. The molecule has 2 aromatic rings. The Morgan fingerprint density at radius 1 is 1.29 bits per heavy atom. The Labute approximate surface area is 104 Å². The van der Waals surface area contributed by atoms with Crippen LogP contribution in [0.4, 0.5) is 5.13 Å². The number of amidine groups is 1. The first-order valence-corrected chi connectivity index (χ1v) is 6.14. The summed E-state index contributed by atoms with van der Waals surface area (Å²) < 4.78 is 0. The fraction of sp³-hybridized carbons (Fsp3) is 0.167. The van der Waals surface area contributed by atoms with Crippen LogP contribution in [0.25, 0.3) is 0 Å². The number of anilines is 1. The molecule has 0 amide bonds. The Balaban J connectivity index is 1.94. The summed E-state index contributed by atoms with van der Waals surface area (Å²) in [6.07, 6.45) is 0.556. The second-order valence-corrected chi connectivity index (χ2v) is 4.54. The highest BCUT2D eigenvalue weighted by Gasteiger charge is 2.01. The number of nitrogens with zero attached hydrogens (tertiary/aromatic N) is 2. The number of hydrogen-bond acceptors (Lipinski definition) is 4. The lowest BCUT2D eigenvalue weighted by atomic mass is 10.2. The zero-order valence-corrected chi connectivity index (χ0v) is 10.2. The number of aliphatic imine (C=N–C) groups is 1. The molecule has 2 rings (SSSR count). The summed E-state index contributed by atoms with van der Waals surface area (Å²) in [6.45, 7) is 0.603. The number of thiazole rings is 1. The summed E-state index contributed by atoms with van der Waals surface area (Å²) >= 11 is 1.42. The molecule has 4 N–H and O–H groups in total.